The molecule has 0 amide bonds. The molecular weight excluding hydrogens is 725 g/mol. The number of rotatable bonds is 4. The Balaban J connectivity index is 1.33. The van der Waals surface area contributed by atoms with Crippen LogP contribution in [0.15, 0.2) is 170 Å². The maximum Gasteiger partial charge on any atom is 0.0577 e. The summed E-state index contributed by atoms with van der Waals surface area (Å²) >= 11 is 0. The minimum absolute atomic E-state index is 0.128. The van der Waals surface area contributed by atoms with Crippen molar-refractivity contribution in [3.05, 3.63) is 181 Å². The van der Waals surface area contributed by atoms with Gasteiger partial charge in [0, 0.05) is 54.8 Å². The topological polar surface area (TPSA) is 6.48 Å². The van der Waals surface area contributed by atoms with Crippen LogP contribution in [0.2, 0.25) is 0 Å². The lowest BCUT2D eigenvalue weighted by molar-refractivity contribution is 0.330. The second kappa shape index (κ2) is 12.6. The third-order valence-electron chi connectivity index (χ3n) is 15.5. The standard InChI is InChI=1S/C58H52N2/c1-55(2)49-27-13-15-29-51(49)59(57(55,5)6)53-45-33-31-40(44-26-18-22-38-20-10-12-24-42(38)44)36-48(45)54(60-52-30-16-14-28-50(52)56(3,4)58(60,7)8)46-34-32-39(35-47(46)53)43-25-17-21-37-19-9-11-23-41(37)43/h9-36H,1-8H3. The Morgan fingerprint density at radius 3 is 1.12 bits per heavy atom. The van der Waals surface area contributed by atoms with Crippen molar-refractivity contribution in [3.63, 3.8) is 0 Å². The maximum atomic E-state index is 2.70. The average molecular weight is 777 g/mol. The van der Waals surface area contributed by atoms with Crippen LogP contribution in [-0.4, -0.2) is 11.1 Å². The molecule has 60 heavy (non-hydrogen) atoms. The van der Waals surface area contributed by atoms with E-state index in [1.807, 2.05) is 0 Å². The van der Waals surface area contributed by atoms with Crippen LogP contribution < -0.4 is 9.80 Å². The lowest BCUT2D eigenvalue weighted by atomic mass is 9.72. The number of anilines is 4. The van der Waals surface area contributed by atoms with Crippen LogP contribution in [0.4, 0.5) is 22.7 Å². The molecule has 9 aromatic rings. The molecule has 2 aliphatic heterocycles. The summed E-state index contributed by atoms with van der Waals surface area (Å²) in [6.07, 6.45) is 0. The smallest absolute Gasteiger partial charge is 0.0577 e. The summed E-state index contributed by atoms with van der Waals surface area (Å²) in [5, 5.41) is 10.1. The highest BCUT2D eigenvalue weighted by Crippen LogP contribution is 2.62. The molecule has 0 radical (unpaired) electrons. The van der Waals surface area contributed by atoms with Crippen molar-refractivity contribution in [3.8, 4) is 22.3 Å². The first-order chi connectivity index (χ1) is 28.8. The van der Waals surface area contributed by atoms with Gasteiger partial charge in [0.1, 0.15) is 0 Å². The van der Waals surface area contributed by atoms with Crippen LogP contribution in [0.3, 0.4) is 0 Å². The van der Waals surface area contributed by atoms with E-state index in [0.717, 1.165) is 0 Å². The zero-order valence-electron chi connectivity index (χ0n) is 36.1. The highest BCUT2D eigenvalue weighted by atomic mass is 15.3. The van der Waals surface area contributed by atoms with E-state index in [2.05, 4.69) is 235 Å². The van der Waals surface area contributed by atoms with Crippen LogP contribution in [0.1, 0.15) is 66.5 Å². The van der Waals surface area contributed by atoms with Gasteiger partial charge in [0.15, 0.2) is 0 Å². The van der Waals surface area contributed by atoms with Crippen LogP contribution in [-0.2, 0) is 10.8 Å². The van der Waals surface area contributed by atoms with E-state index in [9.17, 15) is 0 Å². The van der Waals surface area contributed by atoms with Crippen LogP contribution in [0.25, 0.3) is 65.3 Å². The minimum Gasteiger partial charge on any atom is -0.334 e. The number of hydrogen-bond donors (Lipinski definition) is 0. The fourth-order valence-electron chi connectivity index (χ4n) is 11.0. The largest absolute Gasteiger partial charge is 0.334 e. The first kappa shape index (κ1) is 36.7. The Hall–Kier alpha value is -6.38. The van der Waals surface area contributed by atoms with Gasteiger partial charge in [-0.2, -0.15) is 0 Å². The van der Waals surface area contributed by atoms with E-state index in [0.29, 0.717) is 0 Å². The van der Waals surface area contributed by atoms with E-state index in [1.54, 1.807) is 0 Å². The SMILES string of the molecule is CC1(C)c2ccccc2N(c2c3ccc(-c4cccc5ccccc45)cc3c(N3c4ccccc4C(C)(C)C3(C)C)c3ccc(-c4cccc5ccccc45)cc23)C1(C)C. The maximum absolute atomic E-state index is 2.70. The fourth-order valence-corrected chi connectivity index (χ4v) is 11.0. The van der Waals surface area contributed by atoms with Crippen LogP contribution in [0.5, 0.6) is 0 Å². The quantitative estimate of drug-likeness (QED) is 0.164. The number of hydrogen-bond acceptors (Lipinski definition) is 2. The molecule has 0 bridgehead atoms. The molecule has 0 N–H and O–H groups in total. The number of fused-ring (bicyclic) bond motifs is 6. The van der Waals surface area contributed by atoms with E-state index in [1.165, 1.54) is 99.2 Å². The Labute approximate surface area is 354 Å². The second-order valence-electron chi connectivity index (χ2n) is 19.3. The summed E-state index contributed by atoms with van der Waals surface area (Å²) in [6.45, 7) is 19.5. The molecule has 0 aromatic heterocycles. The van der Waals surface area contributed by atoms with E-state index in [-0.39, 0.29) is 21.9 Å². The van der Waals surface area contributed by atoms with Crippen molar-refractivity contribution in [2.75, 3.05) is 9.80 Å². The van der Waals surface area contributed by atoms with Gasteiger partial charge >= 0.3 is 0 Å². The van der Waals surface area contributed by atoms with Gasteiger partial charge in [-0.05, 0) is 107 Å². The first-order valence-electron chi connectivity index (χ1n) is 21.6. The summed E-state index contributed by atoms with van der Waals surface area (Å²) in [4.78, 5) is 5.41. The van der Waals surface area contributed by atoms with Gasteiger partial charge in [0.2, 0.25) is 0 Å². The number of benzene rings is 9. The van der Waals surface area contributed by atoms with Gasteiger partial charge in [-0.25, -0.2) is 0 Å². The summed E-state index contributed by atoms with van der Waals surface area (Å²) in [5.41, 5.74) is 12.0. The van der Waals surface area contributed by atoms with Gasteiger partial charge in [0.05, 0.1) is 11.4 Å². The normalized spacial score (nSPS) is 17.1. The minimum atomic E-state index is -0.261. The molecule has 294 valence electrons. The third kappa shape index (κ3) is 4.82. The molecule has 0 fully saturated rings. The Bertz CT molecular complexity index is 3010. The van der Waals surface area contributed by atoms with Gasteiger partial charge in [-0.1, -0.05) is 173 Å². The van der Waals surface area contributed by atoms with Crippen molar-refractivity contribution in [2.24, 2.45) is 0 Å². The molecule has 2 heterocycles. The fraction of sp³-hybridized carbons (Fsp3) is 0.207. The molecule has 2 heteroatoms. The van der Waals surface area contributed by atoms with Crippen molar-refractivity contribution in [1.29, 1.82) is 0 Å². The Morgan fingerprint density at radius 1 is 0.317 bits per heavy atom. The Morgan fingerprint density at radius 2 is 0.683 bits per heavy atom. The zero-order chi connectivity index (χ0) is 41.3. The van der Waals surface area contributed by atoms with Gasteiger partial charge in [0.25, 0.3) is 0 Å². The molecule has 2 aliphatic rings. The second-order valence-corrected chi connectivity index (χ2v) is 19.3. The highest BCUT2D eigenvalue weighted by Gasteiger charge is 2.54. The number of para-hydroxylation sites is 2. The van der Waals surface area contributed by atoms with Crippen molar-refractivity contribution >= 4 is 65.8 Å². The first-order valence-corrected chi connectivity index (χ1v) is 21.6. The van der Waals surface area contributed by atoms with Crippen molar-refractivity contribution in [1.82, 2.24) is 0 Å². The van der Waals surface area contributed by atoms with Gasteiger partial charge < -0.3 is 9.80 Å². The summed E-state index contributed by atoms with van der Waals surface area (Å²) < 4.78 is 0. The van der Waals surface area contributed by atoms with E-state index >= 15 is 0 Å². The molecule has 0 spiro atoms. The monoisotopic (exact) mass is 776 g/mol. The molecule has 0 saturated carbocycles. The molecular formula is C58H52N2. The molecule has 9 aromatic carbocycles. The van der Waals surface area contributed by atoms with Gasteiger partial charge in [-0.3, -0.25) is 0 Å². The molecule has 11 rings (SSSR count). The molecule has 0 atom stereocenters. The summed E-state index contributed by atoms with van der Waals surface area (Å²) in [7, 11) is 0. The van der Waals surface area contributed by atoms with Crippen LogP contribution in [0, 0.1) is 0 Å². The molecule has 2 nitrogen and oxygen atoms in total. The third-order valence-corrected chi connectivity index (χ3v) is 15.5. The summed E-state index contributed by atoms with van der Waals surface area (Å²) in [6, 6.07) is 64.0. The predicted molar refractivity (Wildman–Crippen MR) is 259 cm³/mol. The van der Waals surface area contributed by atoms with Gasteiger partial charge in [-0.15, -0.1) is 0 Å². The summed E-state index contributed by atoms with van der Waals surface area (Å²) in [5.74, 6) is 0. The average Bonchev–Trinajstić information content (AvgIpc) is 3.52. The molecule has 0 aliphatic carbocycles. The lowest BCUT2D eigenvalue weighted by Crippen LogP contribution is -2.49. The van der Waals surface area contributed by atoms with E-state index in [4.69, 9.17) is 0 Å². The van der Waals surface area contributed by atoms with Crippen LogP contribution >= 0.6 is 0 Å². The number of nitrogens with zero attached hydrogens (tertiary/aromatic N) is 2. The highest BCUT2D eigenvalue weighted by molar-refractivity contribution is 6.24. The zero-order valence-corrected chi connectivity index (χ0v) is 36.1. The van der Waals surface area contributed by atoms with Crippen molar-refractivity contribution in [2.45, 2.75) is 77.3 Å². The van der Waals surface area contributed by atoms with Crippen molar-refractivity contribution < 1.29 is 0 Å². The lowest BCUT2D eigenvalue weighted by Gasteiger charge is -2.45. The van der Waals surface area contributed by atoms with E-state index < -0.39 is 0 Å². The molecule has 0 saturated heterocycles. The predicted octanol–water partition coefficient (Wildman–Crippen LogP) is 16.0. The Kier molecular flexibility index (Phi) is 7.68. The molecule has 0 unspecified atom stereocenters.